The van der Waals surface area contributed by atoms with Crippen molar-refractivity contribution in [1.82, 2.24) is 5.32 Å². The molecule has 4 atom stereocenters. The number of benzene rings is 2. The third kappa shape index (κ3) is 3.08. The molecular weight excluding hydrogens is 462 g/mol. The molecular formula is C20H19Br2NO3. The zero-order valence-corrected chi connectivity index (χ0v) is 17.1. The van der Waals surface area contributed by atoms with Gasteiger partial charge in [-0.15, -0.1) is 0 Å². The highest BCUT2D eigenvalue weighted by Gasteiger charge is 2.47. The predicted molar refractivity (Wildman–Crippen MR) is 106 cm³/mol. The van der Waals surface area contributed by atoms with E-state index in [1.54, 1.807) is 24.3 Å². The van der Waals surface area contributed by atoms with Crippen molar-refractivity contribution in [3.63, 3.8) is 0 Å². The molecule has 1 heterocycles. The van der Waals surface area contributed by atoms with Crippen molar-refractivity contribution < 1.29 is 15.0 Å². The van der Waals surface area contributed by atoms with Crippen molar-refractivity contribution in [3.8, 4) is 11.5 Å². The lowest BCUT2D eigenvalue weighted by Gasteiger charge is -2.45. The number of rotatable bonds is 2. The summed E-state index contributed by atoms with van der Waals surface area (Å²) in [5.74, 6) is 0.280. The van der Waals surface area contributed by atoms with E-state index in [9.17, 15) is 15.0 Å². The Morgan fingerprint density at radius 3 is 1.77 bits per heavy atom. The normalized spacial score (nSPS) is 28.2. The van der Waals surface area contributed by atoms with E-state index in [4.69, 9.17) is 0 Å². The highest BCUT2D eigenvalue weighted by atomic mass is 79.9. The minimum Gasteiger partial charge on any atom is -0.508 e. The second kappa shape index (κ2) is 6.98. The predicted octanol–water partition coefficient (Wildman–Crippen LogP) is 4.99. The number of nitrogens with one attached hydrogen (secondary N) is 1. The molecule has 1 aliphatic heterocycles. The molecule has 1 saturated carbocycles. The average Bonchev–Trinajstić information content (AvgIpc) is 2.60. The number of ketones is 1. The third-order valence-corrected chi connectivity index (χ3v) is 6.56. The molecule has 0 spiro atoms. The summed E-state index contributed by atoms with van der Waals surface area (Å²) in [6.45, 7) is 0. The minimum atomic E-state index is -0.278. The van der Waals surface area contributed by atoms with E-state index in [0.717, 1.165) is 39.3 Å². The van der Waals surface area contributed by atoms with E-state index in [2.05, 4.69) is 37.2 Å². The fraction of sp³-hybridized carbons (Fsp3) is 0.350. The van der Waals surface area contributed by atoms with Gasteiger partial charge in [0.2, 0.25) is 0 Å². The van der Waals surface area contributed by atoms with Crippen molar-refractivity contribution in [1.29, 1.82) is 0 Å². The molecule has 0 radical (unpaired) electrons. The van der Waals surface area contributed by atoms with Crippen LogP contribution in [-0.2, 0) is 4.79 Å². The largest absolute Gasteiger partial charge is 0.508 e. The van der Waals surface area contributed by atoms with Crippen LogP contribution in [0.25, 0.3) is 0 Å². The van der Waals surface area contributed by atoms with Gasteiger partial charge in [0.15, 0.2) is 0 Å². The Labute approximate surface area is 168 Å². The Balaban J connectivity index is 1.80. The first kappa shape index (κ1) is 18.0. The van der Waals surface area contributed by atoms with E-state index < -0.39 is 0 Å². The van der Waals surface area contributed by atoms with Gasteiger partial charge in [0, 0.05) is 44.0 Å². The van der Waals surface area contributed by atoms with Crippen LogP contribution in [0.5, 0.6) is 11.5 Å². The molecule has 26 heavy (non-hydrogen) atoms. The maximum Gasteiger partial charge on any atom is 0.142 e. The van der Waals surface area contributed by atoms with Gasteiger partial charge in [0.05, 0.1) is 0 Å². The van der Waals surface area contributed by atoms with E-state index in [0.29, 0.717) is 0 Å². The lowest BCUT2D eigenvalue weighted by Crippen LogP contribution is -2.50. The van der Waals surface area contributed by atoms with Gasteiger partial charge in [-0.05, 0) is 49.2 Å². The van der Waals surface area contributed by atoms with Gasteiger partial charge in [0.25, 0.3) is 0 Å². The smallest absolute Gasteiger partial charge is 0.142 e. The van der Waals surface area contributed by atoms with Crippen LogP contribution in [-0.4, -0.2) is 16.0 Å². The summed E-state index contributed by atoms with van der Waals surface area (Å²) in [5, 5.41) is 24.4. The number of phenolic OH excluding ortho intramolecular Hbond substituents is 2. The molecule has 1 saturated heterocycles. The number of carbonyl (C=O) groups is 1. The van der Waals surface area contributed by atoms with E-state index in [-0.39, 0.29) is 41.2 Å². The summed E-state index contributed by atoms with van der Waals surface area (Å²) in [4.78, 5) is 13.1. The number of piperidine rings is 1. The van der Waals surface area contributed by atoms with Gasteiger partial charge in [-0.25, -0.2) is 0 Å². The molecule has 4 rings (SSSR count). The maximum absolute atomic E-state index is 13.1. The van der Waals surface area contributed by atoms with Crippen LogP contribution in [0.1, 0.15) is 42.5 Å². The van der Waals surface area contributed by atoms with E-state index in [1.807, 2.05) is 12.1 Å². The molecule has 2 aromatic carbocycles. The second-order valence-electron chi connectivity index (χ2n) is 7.07. The lowest BCUT2D eigenvalue weighted by atomic mass is 9.67. The number of phenols is 2. The first-order valence-electron chi connectivity index (χ1n) is 8.72. The zero-order valence-electron chi connectivity index (χ0n) is 14.0. The van der Waals surface area contributed by atoms with Crippen molar-refractivity contribution in [2.45, 2.75) is 31.3 Å². The van der Waals surface area contributed by atoms with Crippen LogP contribution in [0.3, 0.4) is 0 Å². The summed E-state index contributed by atoms with van der Waals surface area (Å²) in [6.07, 6.45) is 2.60. The molecule has 6 heteroatoms. The summed E-state index contributed by atoms with van der Waals surface area (Å²) < 4.78 is 1.72. The average molecular weight is 481 g/mol. The van der Waals surface area contributed by atoms with Crippen molar-refractivity contribution in [3.05, 3.63) is 56.5 Å². The summed E-state index contributed by atoms with van der Waals surface area (Å²) in [6, 6.07) is 10.0. The number of halogens is 2. The number of hydrogen-bond donors (Lipinski definition) is 3. The van der Waals surface area contributed by atoms with Gasteiger partial charge in [-0.1, -0.05) is 38.3 Å². The molecule has 2 aromatic rings. The minimum absolute atomic E-state index is 0.153. The van der Waals surface area contributed by atoms with Crippen LogP contribution in [0, 0.1) is 11.8 Å². The fourth-order valence-corrected chi connectivity index (χ4v) is 5.12. The van der Waals surface area contributed by atoms with Gasteiger partial charge in [-0.2, -0.15) is 0 Å². The number of fused-ring (bicyclic) bond motifs is 2. The first-order chi connectivity index (χ1) is 12.5. The molecule has 136 valence electrons. The first-order valence-corrected chi connectivity index (χ1v) is 10.3. The van der Waals surface area contributed by atoms with Crippen LogP contribution in [0.4, 0.5) is 0 Å². The van der Waals surface area contributed by atoms with Crippen molar-refractivity contribution in [2.75, 3.05) is 0 Å². The number of carbonyl (C=O) groups excluding carboxylic acids is 1. The SMILES string of the molecule is O=C1[C@H]2CCC[C@@H]1[C@@H](c1cc(Br)ccc1O)N[C@@H]2c1cc(Br)ccc1O. The summed E-state index contributed by atoms with van der Waals surface area (Å²) in [7, 11) is 0. The lowest BCUT2D eigenvalue weighted by molar-refractivity contribution is -0.135. The molecule has 2 fully saturated rings. The maximum atomic E-state index is 13.1. The molecule has 2 aliphatic rings. The van der Waals surface area contributed by atoms with Crippen molar-refractivity contribution in [2.24, 2.45) is 11.8 Å². The quantitative estimate of drug-likeness (QED) is 0.566. The van der Waals surface area contributed by atoms with Crippen LogP contribution >= 0.6 is 31.9 Å². The van der Waals surface area contributed by atoms with Crippen LogP contribution in [0.2, 0.25) is 0 Å². The Hall–Kier alpha value is -1.37. The monoisotopic (exact) mass is 479 g/mol. The second-order valence-corrected chi connectivity index (χ2v) is 8.91. The number of hydrogen-bond acceptors (Lipinski definition) is 4. The highest BCUT2D eigenvalue weighted by Crippen LogP contribution is 2.49. The molecule has 0 unspecified atom stereocenters. The number of aromatic hydroxyl groups is 2. The summed E-state index contributed by atoms with van der Waals surface area (Å²) in [5.41, 5.74) is 1.44. The van der Waals surface area contributed by atoms with Gasteiger partial charge < -0.3 is 15.5 Å². The Bertz CT molecular complexity index is 803. The van der Waals surface area contributed by atoms with Crippen molar-refractivity contribution >= 4 is 37.6 Å². The molecule has 1 aliphatic carbocycles. The van der Waals surface area contributed by atoms with Gasteiger partial charge in [0.1, 0.15) is 17.3 Å². The molecule has 3 N–H and O–H groups in total. The Morgan fingerprint density at radius 2 is 1.31 bits per heavy atom. The summed E-state index contributed by atoms with van der Waals surface area (Å²) >= 11 is 6.91. The van der Waals surface area contributed by atoms with Crippen LogP contribution in [0.15, 0.2) is 45.3 Å². The Morgan fingerprint density at radius 1 is 0.846 bits per heavy atom. The van der Waals surface area contributed by atoms with Gasteiger partial charge >= 0.3 is 0 Å². The number of Topliss-reactive ketones (excluding diaryl/α,β-unsaturated/α-hetero) is 1. The Kier molecular flexibility index (Phi) is 4.84. The highest BCUT2D eigenvalue weighted by molar-refractivity contribution is 9.10. The topological polar surface area (TPSA) is 69.6 Å². The molecule has 4 nitrogen and oxygen atoms in total. The molecule has 0 amide bonds. The molecule has 2 bridgehead atoms. The third-order valence-electron chi connectivity index (χ3n) is 5.57. The van der Waals surface area contributed by atoms with Crippen LogP contribution < -0.4 is 5.32 Å². The van der Waals surface area contributed by atoms with Gasteiger partial charge in [-0.3, -0.25) is 4.79 Å². The standard InChI is InChI=1S/C20H19Br2NO3/c21-10-4-6-16(24)14(8-10)18-12-2-1-3-13(20(12)26)19(23-18)15-9-11(22)5-7-17(15)25/h4-9,12-13,18-19,23-25H,1-3H2/t12-,13+,18-,19-/m0/s1. The van der Waals surface area contributed by atoms with E-state index in [1.165, 1.54) is 0 Å². The fourth-order valence-electron chi connectivity index (χ4n) is 4.37. The zero-order chi connectivity index (χ0) is 18.4. The van der Waals surface area contributed by atoms with E-state index >= 15 is 0 Å². The molecule has 0 aromatic heterocycles.